The summed E-state index contributed by atoms with van der Waals surface area (Å²) in [6.07, 6.45) is 6.11. The highest BCUT2D eigenvalue weighted by Gasteiger charge is 2.26. The first-order chi connectivity index (χ1) is 9.31. The molecule has 2 rings (SSSR count). The molecule has 0 saturated carbocycles. The monoisotopic (exact) mass is 260 g/mol. The van der Waals surface area contributed by atoms with Gasteiger partial charge in [-0.05, 0) is 31.4 Å². The largest absolute Gasteiger partial charge is 0.485 e. The van der Waals surface area contributed by atoms with Crippen LogP contribution in [0.15, 0.2) is 36.9 Å². The van der Waals surface area contributed by atoms with Crippen LogP contribution in [0.25, 0.3) is 0 Å². The summed E-state index contributed by atoms with van der Waals surface area (Å²) < 4.78 is 11.2. The Bertz CT molecular complexity index is 439. The SMILES string of the molecule is C=CCCCCCC(=O)C1COc2ccccc2O1. The molecule has 0 saturated heterocycles. The standard InChI is InChI=1S/C16H20O3/c1-2-3-4-5-6-9-13(17)16-12-18-14-10-7-8-11-15(14)19-16/h2,7-8,10-11,16H,1,3-6,9,12H2. The van der Waals surface area contributed by atoms with E-state index in [1.807, 2.05) is 30.3 Å². The molecule has 1 aromatic rings. The van der Waals surface area contributed by atoms with Crippen LogP contribution in [-0.4, -0.2) is 18.5 Å². The molecular weight excluding hydrogens is 240 g/mol. The third kappa shape index (κ3) is 3.85. The second-order valence-electron chi connectivity index (χ2n) is 4.72. The van der Waals surface area contributed by atoms with Crippen LogP contribution in [0.1, 0.15) is 32.1 Å². The van der Waals surface area contributed by atoms with Crippen molar-refractivity contribution in [3.63, 3.8) is 0 Å². The van der Waals surface area contributed by atoms with Crippen LogP contribution in [-0.2, 0) is 4.79 Å². The minimum Gasteiger partial charge on any atom is -0.485 e. The van der Waals surface area contributed by atoms with E-state index in [0.29, 0.717) is 18.8 Å². The van der Waals surface area contributed by atoms with Crippen molar-refractivity contribution in [3.8, 4) is 11.5 Å². The lowest BCUT2D eigenvalue weighted by Crippen LogP contribution is -2.36. The van der Waals surface area contributed by atoms with Gasteiger partial charge >= 0.3 is 0 Å². The summed E-state index contributed by atoms with van der Waals surface area (Å²) in [7, 11) is 0. The summed E-state index contributed by atoms with van der Waals surface area (Å²) in [6, 6.07) is 7.46. The van der Waals surface area contributed by atoms with Crippen molar-refractivity contribution >= 4 is 5.78 Å². The van der Waals surface area contributed by atoms with E-state index in [0.717, 1.165) is 31.4 Å². The normalized spacial score (nSPS) is 16.9. The van der Waals surface area contributed by atoms with E-state index in [4.69, 9.17) is 9.47 Å². The number of unbranched alkanes of at least 4 members (excludes halogenated alkanes) is 3. The molecule has 0 spiro atoms. The average molecular weight is 260 g/mol. The van der Waals surface area contributed by atoms with Gasteiger partial charge in [-0.2, -0.15) is 0 Å². The third-order valence-corrected chi connectivity index (χ3v) is 3.20. The summed E-state index contributed by atoms with van der Waals surface area (Å²) in [5.41, 5.74) is 0. The summed E-state index contributed by atoms with van der Waals surface area (Å²) >= 11 is 0. The molecular formula is C16H20O3. The average Bonchev–Trinajstić information content (AvgIpc) is 2.46. The van der Waals surface area contributed by atoms with Gasteiger partial charge in [-0.1, -0.05) is 24.6 Å². The van der Waals surface area contributed by atoms with Crippen LogP contribution in [0.3, 0.4) is 0 Å². The lowest BCUT2D eigenvalue weighted by atomic mass is 10.1. The molecule has 0 amide bonds. The van der Waals surface area contributed by atoms with Crippen LogP contribution < -0.4 is 9.47 Å². The quantitative estimate of drug-likeness (QED) is 0.555. The predicted octanol–water partition coefficient (Wildman–Crippen LogP) is 3.53. The lowest BCUT2D eigenvalue weighted by molar-refractivity contribution is -0.128. The highest BCUT2D eigenvalue weighted by molar-refractivity contribution is 5.83. The van der Waals surface area contributed by atoms with Gasteiger partial charge in [0.2, 0.25) is 0 Å². The van der Waals surface area contributed by atoms with E-state index in [1.54, 1.807) is 0 Å². The Morgan fingerprint density at radius 2 is 2.05 bits per heavy atom. The Balaban J connectivity index is 1.77. The van der Waals surface area contributed by atoms with Crippen LogP contribution in [0.2, 0.25) is 0 Å². The topological polar surface area (TPSA) is 35.5 Å². The molecule has 0 aromatic heterocycles. The lowest BCUT2D eigenvalue weighted by Gasteiger charge is -2.25. The first-order valence-electron chi connectivity index (χ1n) is 6.83. The second kappa shape index (κ2) is 6.98. The van der Waals surface area contributed by atoms with Gasteiger partial charge in [0.25, 0.3) is 0 Å². The Labute approximate surface area is 114 Å². The molecule has 0 aliphatic carbocycles. The molecule has 0 fully saturated rings. The highest BCUT2D eigenvalue weighted by atomic mass is 16.6. The number of ether oxygens (including phenoxy) is 2. The van der Waals surface area contributed by atoms with E-state index in [9.17, 15) is 4.79 Å². The fraction of sp³-hybridized carbons (Fsp3) is 0.438. The van der Waals surface area contributed by atoms with Crippen molar-refractivity contribution in [1.82, 2.24) is 0 Å². The van der Waals surface area contributed by atoms with Crippen LogP contribution in [0.4, 0.5) is 0 Å². The molecule has 1 heterocycles. The molecule has 1 unspecified atom stereocenters. The molecule has 0 N–H and O–H groups in total. The summed E-state index contributed by atoms with van der Waals surface area (Å²) in [5, 5.41) is 0. The maximum absolute atomic E-state index is 12.0. The van der Waals surface area contributed by atoms with Crippen molar-refractivity contribution < 1.29 is 14.3 Å². The van der Waals surface area contributed by atoms with Crippen molar-refractivity contribution in [2.75, 3.05) is 6.61 Å². The van der Waals surface area contributed by atoms with Crippen molar-refractivity contribution in [2.24, 2.45) is 0 Å². The number of Topliss-reactive ketones (excluding diaryl/α,β-unsaturated/α-hetero) is 1. The first-order valence-corrected chi connectivity index (χ1v) is 6.83. The Hall–Kier alpha value is -1.77. The van der Waals surface area contributed by atoms with Gasteiger partial charge in [-0.15, -0.1) is 6.58 Å². The van der Waals surface area contributed by atoms with Gasteiger partial charge < -0.3 is 9.47 Å². The number of fused-ring (bicyclic) bond motifs is 1. The summed E-state index contributed by atoms with van der Waals surface area (Å²) in [5.74, 6) is 1.52. The smallest absolute Gasteiger partial charge is 0.190 e. The number of benzene rings is 1. The molecule has 1 aliphatic heterocycles. The minimum absolute atomic E-state index is 0.133. The molecule has 19 heavy (non-hydrogen) atoms. The summed E-state index contributed by atoms with van der Waals surface area (Å²) in [4.78, 5) is 12.0. The molecule has 0 radical (unpaired) electrons. The van der Waals surface area contributed by atoms with E-state index < -0.39 is 6.10 Å². The van der Waals surface area contributed by atoms with Crippen LogP contribution >= 0.6 is 0 Å². The number of carbonyl (C=O) groups excluding carboxylic acids is 1. The van der Waals surface area contributed by atoms with E-state index in [-0.39, 0.29) is 5.78 Å². The highest BCUT2D eigenvalue weighted by Crippen LogP contribution is 2.31. The number of allylic oxidation sites excluding steroid dienone is 1. The number of para-hydroxylation sites is 2. The molecule has 0 bridgehead atoms. The van der Waals surface area contributed by atoms with Gasteiger partial charge in [0, 0.05) is 6.42 Å². The van der Waals surface area contributed by atoms with Crippen LogP contribution in [0, 0.1) is 0 Å². The number of carbonyl (C=O) groups is 1. The zero-order chi connectivity index (χ0) is 13.5. The Morgan fingerprint density at radius 1 is 1.26 bits per heavy atom. The van der Waals surface area contributed by atoms with Crippen molar-refractivity contribution in [2.45, 2.75) is 38.2 Å². The Kier molecular flexibility index (Phi) is 5.01. The Morgan fingerprint density at radius 3 is 2.84 bits per heavy atom. The van der Waals surface area contributed by atoms with Gasteiger partial charge in [0.05, 0.1) is 0 Å². The van der Waals surface area contributed by atoms with E-state index in [1.165, 1.54) is 0 Å². The molecule has 102 valence electrons. The van der Waals surface area contributed by atoms with Crippen LogP contribution in [0.5, 0.6) is 11.5 Å². The minimum atomic E-state index is -0.450. The molecule has 3 nitrogen and oxygen atoms in total. The van der Waals surface area contributed by atoms with Crippen molar-refractivity contribution in [3.05, 3.63) is 36.9 Å². The predicted molar refractivity (Wildman–Crippen MR) is 74.6 cm³/mol. The summed E-state index contributed by atoms with van der Waals surface area (Å²) in [6.45, 7) is 4.01. The third-order valence-electron chi connectivity index (χ3n) is 3.20. The fourth-order valence-electron chi connectivity index (χ4n) is 2.10. The first kappa shape index (κ1) is 13.7. The van der Waals surface area contributed by atoms with Gasteiger partial charge in [0.1, 0.15) is 6.61 Å². The van der Waals surface area contributed by atoms with Gasteiger partial charge in [-0.25, -0.2) is 0 Å². The molecule has 1 aromatic carbocycles. The number of hydrogen-bond acceptors (Lipinski definition) is 3. The number of ketones is 1. The maximum atomic E-state index is 12.0. The zero-order valence-corrected chi connectivity index (χ0v) is 11.1. The molecule has 1 aliphatic rings. The molecule has 1 atom stereocenters. The second-order valence-corrected chi connectivity index (χ2v) is 4.72. The maximum Gasteiger partial charge on any atom is 0.190 e. The van der Waals surface area contributed by atoms with Crippen molar-refractivity contribution in [1.29, 1.82) is 0 Å². The van der Waals surface area contributed by atoms with Gasteiger partial charge in [-0.3, -0.25) is 4.79 Å². The number of rotatable bonds is 7. The van der Waals surface area contributed by atoms with E-state index >= 15 is 0 Å². The zero-order valence-electron chi connectivity index (χ0n) is 11.1. The number of hydrogen-bond donors (Lipinski definition) is 0. The van der Waals surface area contributed by atoms with E-state index in [2.05, 4.69) is 6.58 Å². The molecule has 3 heteroatoms. The fourth-order valence-corrected chi connectivity index (χ4v) is 2.10. The van der Waals surface area contributed by atoms with Gasteiger partial charge in [0.15, 0.2) is 23.4 Å².